The molecule has 1 N–H and O–H groups in total. The quantitative estimate of drug-likeness (QED) is 0.268. The van der Waals surface area contributed by atoms with Gasteiger partial charge in [0, 0.05) is 22.3 Å². The third-order valence-corrected chi connectivity index (χ3v) is 4.45. The maximum atomic E-state index is 12.3. The molecule has 5 nitrogen and oxygen atoms in total. The maximum absolute atomic E-state index is 12.3. The van der Waals surface area contributed by atoms with Crippen LogP contribution >= 0.6 is 11.6 Å². The molecule has 0 aliphatic rings. The van der Waals surface area contributed by atoms with Gasteiger partial charge in [0.2, 0.25) is 0 Å². The summed E-state index contributed by atoms with van der Waals surface area (Å²) in [6.07, 6.45) is 3.96. The van der Waals surface area contributed by atoms with Crippen LogP contribution in [0.3, 0.4) is 0 Å². The molecule has 0 spiro atoms. The van der Waals surface area contributed by atoms with Gasteiger partial charge in [0.1, 0.15) is 11.5 Å². The first-order valence-electron chi connectivity index (χ1n) is 9.83. The molecule has 3 rings (SSSR count). The van der Waals surface area contributed by atoms with Gasteiger partial charge in [-0.25, -0.2) is 4.79 Å². The predicted octanol–water partition coefficient (Wildman–Crippen LogP) is 6.00. The highest BCUT2D eigenvalue weighted by Crippen LogP contribution is 2.17. The van der Waals surface area contributed by atoms with Crippen LogP contribution < -0.4 is 14.8 Å². The van der Waals surface area contributed by atoms with E-state index in [0.717, 1.165) is 17.7 Å². The van der Waals surface area contributed by atoms with Crippen molar-refractivity contribution in [2.75, 3.05) is 11.9 Å². The van der Waals surface area contributed by atoms with Crippen molar-refractivity contribution < 1.29 is 19.1 Å². The Balaban J connectivity index is 1.52. The number of nitrogens with one attached hydrogen (secondary N) is 1. The highest BCUT2D eigenvalue weighted by atomic mass is 35.5. The first-order valence-corrected chi connectivity index (χ1v) is 10.2. The Morgan fingerprint density at radius 3 is 2.19 bits per heavy atom. The van der Waals surface area contributed by atoms with E-state index in [4.69, 9.17) is 21.1 Å². The summed E-state index contributed by atoms with van der Waals surface area (Å²) < 4.78 is 10.8. The van der Waals surface area contributed by atoms with Gasteiger partial charge in [0.15, 0.2) is 0 Å². The van der Waals surface area contributed by atoms with Crippen molar-refractivity contribution in [3.05, 3.63) is 95.0 Å². The summed E-state index contributed by atoms with van der Waals surface area (Å²) >= 11 is 5.84. The molecule has 31 heavy (non-hydrogen) atoms. The van der Waals surface area contributed by atoms with Gasteiger partial charge in [0.05, 0.1) is 6.61 Å². The van der Waals surface area contributed by atoms with E-state index in [2.05, 4.69) is 5.32 Å². The number of carbonyl (C=O) groups is 2. The SMILES string of the molecule is CCCOc1ccc(/C=C/C(=O)Oc2ccc(C(=O)Nc3ccc(Cl)cc3)cc2)cc1. The average Bonchev–Trinajstić information content (AvgIpc) is 2.79. The number of ether oxygens (including phenoxy) is 2. The summed E-state index contributed by atoms with van der Waals surface area (Å²) in [6.45, 7) is 2.72. The van der Waals surface area contributed by atoms with Crippen LogP contribution in [-0.4, -0.2) is 18.5 Å². The minimum Gasteiger partial charge on any atom is -0.494 e. The van der Waals surface area contributed by atoms with Gasteiger partial charge in [-0.1, -0.05) is 30.7 Å². The summed E-state index contributed by atoms with van der Waals surface area (Å²) in [5, 5.41) is 3.37. The first kappa shape index (κ1) is 22.1. The number of amides is 1. The number of esters is 1. The summed E-state index contributed by atoms with van der Waals surface area (Å²) in [7, 11) is 0. The van der Waals surface area contributed by atoms with Gasteiger partial charge in [0.25, 0.3) is 5.91 Å². The van der Waals surface area contributed by atoms with Crippen molar-refractivity contribution >= 4 is 35.2 Å². The van der Waals surface area contributed by atoms with Crippen LogP contribution in [0.2, 0.25) is 5.02 Å². The molecular formula is C25H22ClNO4. The van der Waals surface area contributed by atoms with E-state index in [9.17, 15) is 9.59 Å². The summed E-state index contributed by atoms with van der Waals surface area (Å²) in [6, 6.07) is 20.6. The third-order valence-electron chi connectivity index (χ3n) is 4.20. The monoisotopic (exact) mass is 435 g/mol. The van der Waals surface area contributed by atoms with Crippen LogP contribution in [-0.2, 0) is 4.79 Å². The van der Waals surface area contributed by atoms with Crippen molar-refractivity contribution in [3.63, 3.8) is 0 Å². The molecular weight excluding hydrogens is 414 g/mol. The van der Waals surface area contributed by atoms with E-state index in [1.165, 1.54) is 6.08 Å². The summed E-state index contributed by atoms with van der Waals surface area (Å²) in [4.78, 5) is 24.4. The molecule has 0 bridgehead atoms. The Morgan fingerprint density at radius 1 is 0.903 bits per heavy atom. The first-order chi connectivity index (χ1) is 15.0. The van der Waals surface area contributed by atoms with Crippen molar-refractivity contribution in [1.82, 2.24) is 0 Å². The largest absolute Gasteiger partial charge is 0.494 e. The molecule has 158 valence electrons. The molecule has 0 saturated heterocycles. The van der Waals surface area contributed by atoms with Crippen LogP contribution in [0, 0.1) is 0 Å². The molecule has 0 aliphatic heterocycles. The lowest BCUT2D eigenvalue weighted by atomic mass is 10.2. The molecule has 6 heteroatoms. The zero-order valence-corrected chi connectivity index (χ0v) is 17.8. The Morgan fingerprint density at radius 2 is 1.55 bits per heavy atom. The van der Waals surface area contributed by atoms with E-state index in [0.29, 0.717) is 28.6 Å². The number of carbonyl (C=O) groups excluding carboxylic acids is 2. The lowest BCUT2D eigenvalue weighted by Crippen LogP contribution is -2.11. The van der Waals surface area contributed by atoms with E-state index in [1.807, 2.05) is 31.2 Å². The lowest BCUT2D eigenvalue weighted by molar-refractivity contribution is -0.128. The number of anilines is 1. The van der Waals surface area contributed by atoms with E-state index >= 15 is 0 Å². The molecule has 0 unspecified atom stereocenters. The second kappa shape index (κ2) is 11.0. The molecule has 0 aromatic heterocycles. The number of halogens is 1. The molecule has 0 aliphatic carbocycles. The fourth-order valence-electron chi connectivity index (χ4n) is 2.62. The number of rotatable bonds is 8. The Bertz CT molecular complexity index is 1040. The lowest BCUT2D eigenvalue weighted by Gasteiger charge is -2.06. The van der Waals surface area contributed by atoms with Gasteiger partial charge in [-0.3, -0.25) is 4.79 Å². The third kappa shape index (κ3) is 7.01. The van der Waals surface area contributed by atoms with E-state index in [1.54, 1.807) is 54.6 Å². The van der Waals surface area contributed by atoms with Crippen LogP contribution in [0.15, 0.2) is 78.9 Å². The van der Waals surface area contributed by atoms with Crippen molar-refractivity contribution in [3.8, 4) is 11.5 Å². The zero-order chi connectivity index (χ0) is 22.1. The number of hydrogen-bond donors (Lipinski definition) is 1. The smallest absolute Gasteiger partial charge is 0.336 e. The van der Waals surface area contributed by atoms with Gasteiger partial charge in [-0.05, 0) is 78.7 Å². The van der Waals surface area contributed by atoms with Crippen LogP contribution in [0.25, 0.3) is 6.08 Å². The van der Waals surface area contributed by atoms with Crippen molar-refractivity contribution in [2.24, 2.45) is 0 Å². The molecule has 0 radical (unpaired) electrons. The standard InChI is InChI=1S/C25H22ClNO4/c1-2-17-30-22-12-3-18(4-13-22)5-16-24(28)31-23-14-6-19(7-15-23)25(29)27-21-10-8-20(26)9-11-21/h3-16H,2,17H2,1H3,(H,27,29)/b16-5+. The predicted molar refractivity (Wildman–Crippen MR) is 123 cm³/mol. The van der Waals surface area contributed by atoms with E-state index < -0.39 is 5.97 Å². The fraction of sp³-hybridized carbons (Fsp3) is 0.120. The van der Waals surface area contributed by atoms with Crippen molar-refractivity contribution in [2.45, 2.75) is 13.3 Å². The van der Waals surface area contributed by atoms with Crippen LogP contribution in [0.4, 0.5) is 5.69 Å². The minimum absolute atomic E-state index is 0.272. The van der Waals surface area contributed by atoms with Crippen LogP contribution in [0.1, 0.15) is 29.3 Å². The normalized spacial score (nSPS) is 10.6. The number of benzene rings is 3. The summed E-state index contributed by atoms with van der Waals surface area (Å²) in [5.41, 5.74) is 1.94. The molecule has 3 aromatic rings. The highest BCUT2D eigenvalue weighted by Gasteiger charge is 2.07. The second-order valence-corrected chi connectivity index (χ2v) is 7.09. The van der Waals surface area contributed by atoms with Gasteiger partial charge < -0.3 is 14.8 Å². The molecule has 1 amide bonds. The average molecular weight is 436 g/mol. The Kier molecular flexibility index (Phi) is 7.85. The van der Waals surface area contributed by atoms with Crippen LogP contribution in [0.5, 0.6) is 11.5 Å². The Labute approximate surface area is 186 Å². The molecule has 0 atom stereocenters. The topological polar surface area (TPSA) is 64.6 Å². The maximum Gasteiger partial charge on any atom is 0.336 e. The zero-order valence-electron chi connectivity index (χ0n) is 17.0. The molecule has 0 saturated carbocycles. The minimum atomic E-state index is -0.510. The highest BCUT2D eigenvalue weighted by molar-refractivity contribution is 6.30. The van der Waals surface area contributed by atoms with Gasteiger partial charge in [-0.2, -0.15) is 0 Å². The van der Waals surface area contributed by atoms with Gasteiger partial charge >= 0.3 is 5.97 Å². The second-order valence-electron chi connectivity index (χ2n) is 6.66. The number of hydrogen-bond acceptors (Lipinski definition) is 4. The molecule has 3 aromatic carbocycles. The van der Waals surface area contributed by atoms with E-state index in [-0.39, 0.29) is 5.91 Å². The molecule has 0 heterocycles. The summed E-state index contributed by atoms with van der Waals surface area (Å²) in [5.74, 6) is 0.360. The Hall–Kier alpha value is -3.57. The van der Waals surface area contributed by atoms with Gasteiger partial charge in [-0.15, -0.1) is 0 Å². The molecule has 0 fully saturated rings. The van der Waals surface area contributed by atoms with Crippen molar-refractivity contribution in [1.29, 1.82) is 0 Å². The fourth-order valence-corrected chi connectivity index (χ4v) is 2.75.